The van der Waals surface area contributed by atoms with Crippen LogP contribution in [0.25, 0.3) is 0 Å². The van der Waals surface area contributed by atoms with Gasteiger partial charge in [0.2, 0.25) is 0 Å². The zero-order valence-electron chi connectivity index (χ0n) is 9.99. The molecular formula is C14H12BrFN2O. The lowest BCUT2D eigenvalue weighted by Gasteiger charge is -2.09. The summed E-state index contributed by atoms with van der Waals surface area (Å²) in [6.45, 7) is 0.300. The van der Waals surface area contributed by atoms with Crippen molar-refractivity contribution >= 4 is 27.5 Å². The summed E-state index contributed by atoms with van der Waals surface area (Å²) in [6.07, 6.45) is 0. The first kappa shape index (κ1) is 13.5. The molecule has 0 aliphatic heterocycles. The number of carbonyl (C=O) groups is 1. The summed E-state index contributed by atoms with van der Waals surface area (Å²) in [4.78, 5) is 12.0. The van der Waals surface area contributed by atoms with Crippen LogP contribution in [0.1, 0.15) is 15.9 Å². The van der Waals surface area contributed by atoms with Crippen LogP contribution in [-0.4, -0.2) is 5.91 Å². The van der Waals surface area contributed by atoms with Crippen molar-refractivity contribution in [1.29, 1.82) is 0 Å². The number of rotatable bonds is 3. The van der Waals surface area contributed by atoms with Crippen LogP contribution in [0.5, 0.6) is 0 Å². The average molecular weight is 323 g/mol. The van der Waals surface area contributed by atoms with Crippen LogP contribution in [0, 0.1) is 5.82 Å². The number of amides is 1. The van der Waals surface area contributed by atoms with E-state index in [4.69, 9.17) is 5.73 Å². The summed E-state index contributed by atoms with van der Waals surface area (Å²) in [7, 11) is 0. The van der Waals surface area contributed by atoms with Crippen molar-refractivity contribution < 1.29 is 9.18 Å². The van der Waals surface area contributed by atoms with E-state index < -0.39 is 5.82 Å². The molecule has 0 heterocycles. The molecule has 5 heteroatoms. The Labute approximate surface area is 118 Å². The molecule has 2 aromatic carbocycles. The van der Waals surface area contributed by atoms with E-state index in [0.29, 0.717) is 16.7 Å². The third-order valence-corrected chi connectivity index (χ3v) is 3.36. The second-order valence-corrected chi connectivity index (χ2v) is 4.86. The Morgan fingerprint density at radius 3 is 2.74 bits per heavy atom. The van der Waals surface area contributed by atoms with E-state index in [1.54, 1.807) is 6.07 Å². The lowest BCUT2D eigenvalue weighted by atomic mass is 10.1. The van der Waals surface area contributed by atoms with Crippen molar-refractivity contribution in [3.8, 4) is 0 Å². The third kappa shape index (κ3) is 3.32. The van der Waals surface area contributed by atoms with E-state index in [2.05, 4.69) is 21.2 Å². The van der Waals surface area contributed by atoms with Gasteiger partial charge >= 0.3 is 0 Å². The quantitative estimate of drug-likeness (QED) is 0.853. The van der Waals surface area contributed by atoms with Gasteiger partial charge in [-0.3, -0.25) is 4.79 Å². The number of halogens is 2. The minimum atomic E-state index is -0.451. The molecule has 0 bridgehead atoms. The second kappa shape index (κ2) is 5.84. The minimum absolute atomic E-state index is 0.259. The van der Waals surface area contributed by atoms with Crippen LogP contribution < -0.4 is 11.1 Å². The van der Waals surface area contributed by atoms with Crippen molar-refractivity contribution in [2.75, 3.05) is 5.73 Å². The Balaban J connectivity index is 2.10. The number of carbonyl (C=O) groups excluding carboxylic acids is 1. The van der Waals surface area contributed by atoms with E-state index in [-0.39, 0.29) is 11.5 Å². The molecule has 0 fully saturated rings. The predicted octanol–water partition coefficient (Wildman–Crippen LogP) is 3.10. The minimum Gasteiger partial charge on any atom is -0.398 e. The maximum atomic E-state index is 13.1. The molecule has 0 saturated heterocycles. The molecule has 3 N–H and O–H groups in total. The molecular weight excluding hydrogens is 311 g/mol. The number of para-hydroxylation sites is 1. The Bertz CT molecular complexity index is 616. The molecule has 19 heavy (non-hydrogen) atoms. The molecule has 2 rings (SSSR count). The topological polar surface area (TPSA) is 55.1 Å². The van der Waals surface area contributed by atoms with Gasteiger partial charge in [-0.1, -0.05) is 18.2 Å². The molecule has 1 amide bonds. The Morgan fingerprint density at radius 1 is 1.26 bits per heavy atom. The Morgan fingerprint density at radius 2 is 2.00 bits per heavy atom. The molecule has 0 radical (unpaired) electrons. The summed E-state index contributed by atoms with van der Waals surface area (Å²) < 4.78 is 13.7. The molecule has 0 aliphatic carbocycles. The first-order valence-corrected chi connectivity index (χ1v) is 6.44. The zero-order chi connectivity index (χ0) is 13.8. The summed E-state index contributed by atoms with van der Waals surface area (Å²) in [6, 6.07) is 11.2. The summed E-state index contributed by atoms with van der Waals surface area (Å²) >= 11 is 3.22. The first-order valence-electron chi connectivity index (χ1n) is 5.64. The van der Waals surface area contributed by atoms with Gasteiger partial charge in [-0.25, -0.2) is 4.39 Å². The highest BCUT2D eigenvalue weighted by Crippen LogP contribution is 2.18. The molecule has 0 aromatic heterocycles. The van der Waals surface area contributed by atoms with Crippen molar-refractivity contribution in [3.63, 3.8) is 0 Å². The average Bonchev–Trinajstić information content (AvgIpc) is 2.40. The van der Waals surface area contributed by atoms with Crippen molar-refractivity contribution in [2.45, 2.75) is 6.54 Å². The van der Waals surface area contributed by atoms with Crippen LogP contribution >= 0.6 is 15.9 Å². The van der Waals surface area contributed by atoms with Gasteiger partial charge in [0.05, 0.1) is 5.56 Å². The van der Waals surface area contributed by atoms with E-state index in [1.165, 1.54) is 18.2 Å². The van der Waals surface area contributed by atoms with Gasteiger partial charge < -0.3 is 11.1 Å². The molecule has 0 atom stereocenters. The van der Waals surface area contributed by atoms with Crippen LogP contribution in [0.2, 0.25) is 0 Å². The highest BCUT2D eigenvalue weighted by atomic mass is 79.9. The molecule has 3 nitrogen and oxygen atoms in total. The smallest absolute Gasteiger partial charge is 0.252 e. The van der Waals surface area contributed by atoms with Gasteiger partial charge in [-0.05, 0) is 45.8 Å². The third-order valence-electron chi connectivity index (χ3n) is 2.67. The Kier molecular flexibility index (Phi) is 4.16. The van der Waals surface area contributed by atoms with Gasteiger partial charge in [0.15, 0.2) is 0 Å². The van der Waals surface area contributed by atoms with Gasteiger partial charge in [0.25, 0.3) is 5.91 Å². The van der Waals surface area contributed by atoms with Crippen molar-refractivity contribution in [3.05, 3.63) is 63.9 Å². The number of hydrogen-bond acceptors (Lipinski definition) is 2. The van der Waals surface area contributed by atoms with Gasteiger partial charge in [-0.2, -0.15) is 0 Å². The lowest BCUT2D eigenvalue weighted by Crippen LogP contribution is -2.23. The normalized spacial score (nSPS) is 10.2. The van der Waals surface area contributed by atoms with Crippen LogP contribution in [0.3, 0.4) is 0 Å². The summed E-state index contributed by atoms with van der Waals surface area (Å²) in [5.74, 6) is -0.804. The standard InChI is InChI=1S/C14H12BrFN2O/c15-12-6-5-10(16)7-11(12)14(19)18-8-9-3-1-2-4-13(9)17/h1-7H,8,17H2,(H,18,19). The molecule has 0 aliphatic rings. The predicted molar refractivity (Wildman–Crippen MR) is 76.1 cm³/mol. The molecule has 2 aromatic rings. The molecule has 0 spiro atoms. The van der Waals surface area contributed by atoms with Gasteiger partial charge in [0, 0.05) is 16.7 Å². The van der Waals surface area contributed by atoms with Crippen LogP contribution in [-0.2, 0) is 6.54 Å². The van der Waals surface area contributed by atoms with E-state index in [1.807, 2.05) is 18.2 Å². The number of nitrogens with two attached hydrogens (primary N) is 1. The van der Waals surface area contributed by atoms with E-state index in [9.17, 15) is 9.18 Å². The number of hydrogen-bond donors (Lipinski definition) is 2. The Hall–Kier alpha value is -1.88. The fourth-order valence-electron chi connectivity index (χ4n) is 1.64. The largest absolute Gasteiger partial charge is 0.398 e. The molecule has 0 unspecified atom stereocenters. The first-order chi connectivity index (χ1) is 9.08. The second-order valence-electron chi connectivity index (χ2n) is 4.01. The van der Waals surface area contributed by atoms with Crippen LogP contribution in [0.4, 0.5) is 10.1 Å². The zero-order valence-corrected chi connectivity index (χ0v) is 11.6. The molecule has 0 saturated carbocycles. The number of nitrogen functional groups attached to an aromatic ring is 1. The van der Waals surface area contributed by atoms with E-state index >= 15 is 0 Å². The number of nitrogens with one attached hydrogen (secondary N) is 1. The number of benzene rings is 2. The van der Waals surface area contributed by atoms with Gasteiger partial charge in [0.1, 0.15) is 5.82 Å². The SMILES string of the molecule is Nc1ccccc1CNC(=O)c1cc(F)ccc1Br. The maximum absolute atomic E-state index is 13.1. The monoisotopic (exact) mass is 322 g/mol. The maximum Gasteiger partial charge on any atom is 0.252 e. The lowest BCUT2D eigenvalue weighted by molar-refractivity contribution is 0.0950. The fraction of sp³-hybridized carbons (Fsp3) is 0.0714. The number of anilines is 1. The van der Waals surface area contributed by atoms with Crippen molar-refractivity contribution in [1.82, 2.24) is 5.32 Å². The van der Waals surface area contributed by atoms with Crippen molar-refractivity contribution in [2.24, 2.45) is 0 Å². The van der Waals surface area contributed by atoms with E-state index in [0.717, 1.165) is 5.56 Å². The highest BCUT2D eigenvalue weighted by molar-refractivity contribution is 9.10. The highest BCUT2D eigenvalue weighted by Gasteiger charge is 2.11. The summed E-state index contributed by atoms with van der Waals surface area (Å²) in [5.41, 5.74) is 7.47. The summed E-state index contributed by atoms with van der Waals surface area (Å²) in [5, 5.41) is 2.71. The van der Waals surface area contributed by atoms with Gasteiger partial charge in [-0.15, -0.1) is 0 Å². The molecule has 98 valence electrons. The van der Waals surface area contributed by atoms with Crippen LogP contribution in [0.15, 0.2) is 46.9 Å². The fourth-order valence-corrected chi connectivity index (χ4v) is 2.06.